The monoisotopic (exact) mass is 362 g/mol. The molecule has 0 bridgehead atoms. The summed E-state index contributed by atoms with van der Waals surface area (Å²) < 4.78 is 3.30. The molecular weight excluding hydrogens is 348 g/mol. The minimum absolute atomic E-state index is 0.125. The largest absolute Gasteiger partial charge is 0.322 e. The second kappa shape index (κ2) is 5.82. The summed E-state index contributed by atoms with van der Waals surface area (Å²) in [6.07, 6.45) is 0. The lowest BCUT2D eigenvalue weighted by atomic mass is 10.2. The summed E-state index contributed by atoms with van der Waals surface area (Å²) in [4.78, 5) is 4.71. The van der Waals surface area contributed by atoms with E-state index in [-0.39, 0.29) is 5.38 Å². The quantitative estimate of drug-likeness (QED) is 0.565. The van der Waals surface area contributed by atoms with Crippen LogP contribution < -0.4 is 0 Å². The van der Waals surface area contributed by atoms with Crippen LogP contribution in [0.2, 0.25) is 0 Å². The summed E-state index contributed by atoms with van der Waals surface area (Å²) >= 11 is 9.94. The Bertz CT molecular complexity index is 793. The van der Waals surface area contributed by atoms with Crippen LogP contribution >= 0.6 is 27.5 Å². The highest BCUT2D eigenvalue weighted by atomic mass is 79.9. The van der Waals surface area contributed by atoms with Crippen LogP contribution in [0.5, 0.6) is 0 Å². The first-order valence-corrected chi connectivity index (χ1v) is 8.13. The van der Waals surface area contributed by atoms with Crippen molar-refractivity contribution in [2.75, 3.05) is 0 Å². The van der Waals surface area contributed by atoms with E-state index >= 15 is 0 Å². The van der Waals surface area contributed by atoms with Crippen molar-refractivity contribution in [1.29, 1.82) is 0 Å². The number of hydrogen-bond acceptors (Lipinski definition) is 1. The average Bonchev–Trinajstić information content (AvgIpc) is 2.79. The normalized spacial score (nSPS) is 12.8. The molecule has 1 heterocycles. The van der Waals surface area contributed by atoms with Crippen molar-refractivity contribution >= 4 is 38.6 Å². The van der Waals surface area contributed by atoms with Crippen molar-refractivity contribution < 1.29 is 0 Å². The zero-order valence-corrected chi connectivity index (χ0v) is 14.3. The molecule has 108 valence electrons. The summed E-state index contributed by atoms with van der Waals surface area (Å²) in [5.74, 6) is 0.910. The molecule has 3 rings (SSSR count). The Hall–Kier alpha value is -1.32. The summed E-state index contributed by atoms with van der Waals surface area (Å²) in [6, 6.07) is 14.6. The number of fused-ring (bicyclic) bond motifs is 1. The average molecular weight is 364 g/mol. The molecule has 0 saturated carbocycles. The first-order chi connectivity index (χ1) is 10.1. The molecule has 21 heavy (non-hydrogen) atoms. The van der Waals surface area contributed by atoms with Gasteiger partial charge in [-0.15, -0.1) is 11.6 Å². The van der Waals surface area contributed by atoms with Gasteiger partial charge in [0.25, 0.3) is 0 Å². The number of imidazole rings is 1. The number of benzene rings is 2. The fraction of sp³-hybridized carbons (Fsp3) is 0.235. The highest BCUT2D eigenvalue weighted by Crippen LogP contribution is 2.27. The van der Waals surface area contributed by atoms with Crippen LogP contribution in [-0.2, 0) is 6.54 Å². The molecule has 1 atom stereocenters. The molecule has 1 unspecified atom stereocenters. The maximum Gasteiger partial charge on any atom is 0.128 e. The first kappa shape index (κ1) is 14.6. The summed E-state index contributed by atoms with van der Waals surface area (Å²) in [5.41, 5.74) is 4.56. The molecule has 1 aromatic heterocycles. The molecule has 0 aliphatic heterocycles. The Kier molecular flexibility index (Phi) is 4.05. The number of alkyl halides is 1. The van der Waals surface area contributed by atoms with E-state index in [1.54, 1.807) is 0 Å². The fourth-order valence-corrected chi connectivity index (χ4v) is 3.10. The minimum Gasteiger partial charge on any atom is -0.322 e. The van der Waals surface area contributed by atoms with Gasteiger partial charge >= 0.3 is 0 Å². The van der Waals surface area contributed by atoms with Gasteiger partial charge in [0.2, 0.25) is 0 Å². The zero-order valence-electron chi connectivity index (χ0n) is 12.0. The maximum absolute atomic E-state index is 6.33. The van der Waals surface area contributed by atoms with E-state index < -0.39 is 0 Å². The molecular formula is C17H16BrClN2. The SMILES string of the molecule is Cc1ccc2c(c1)nc(C(C)Cl)n2Cc1ccccc1Br. The van der Waals surface area contributed by atoms with E-state index in [2.05, 4.69) is 57.8 Å². The van der Waals surface area contributed by atoms with Crippen molar-refractivity contribution in [3.8, 4) is 0 Å². The highest BCUT2D eigenvalue weighted by molar-refractivity contribution is 9.10. The second-order valence-electron chi connectivity index (χ2n) is 5.26. The number of nitrogens with zero attached hydrogens (tertiary/aromatic N) is 2. The van der Waals surface area contributed by atoms with Crippen molar-refractivity contribution in [1.82, 2.24) is 9.55 Å². The van der Waals surface area contributed by atoms with Crippen molar-refractivity contribution in [3.05, 3.63) is 63.9 Å². The first-order valence-electron chi connectivity index (χ1n) is 6.90. The molecule has 0 N–H and O–H groups in total. The Labute approximate surface area is 137 Å². The third-order valence-electron chi connectivity index (χ3n) is 3.58. The lowest BCUT2D eigenvalue weighted by molar-refractivity contribution is 0.740. The molecule has 0 radical (unpaired) electrons. The van der Waals surface area contributed by atoms with Crippen molar-refractivity contribution in [3.63, 3.8) is 0 Å². The topological polar surface area (TPSA) is 17.8 Å². The maximum atomic E-state index is 6.33. The molecule has 4 heteroatoms. The van der Waals surface area contributed by atoms with Crippen molar-refractivity contribution in [2.45, 2.75) is 25.8 Å². The van der Waals surface area contributed by atoms with E-state index in [1.165, 1.54) is 11.1 Å². The van der Waals surface area contributed by atoms with Gasteiger partial charge in [-0.25, -0.2) is 4.98 Å². The van der Waals surface area contributed by atoms with Crippen molar-refractivity contribution in [2.24, 2.45) is 0 Å². The van der Waals surface area contributed by atoms with Crippen LogP contribution in [0.15, 0.2) is 46.9 Å². The molecule has 2 aromatic carbocycles. The second-order valence-corrected chi connectivity index (χ2v) is 6.76. The van der Waals surface area contributed by atoms with Gasteiger partial charge in [-0.2, -0.15) is 0 Å². The Morgan fingerprint density at radius 1 is 1.24 bits per heavy atom. The standard InChI is InChI=1S/C17H16BrClN2/c1-11-7-8-16-15(9-11)20-17(12(2)19)21(16)10-13-5-3-4-6-14(13)18/h3-9,12H,10H2,1-2H3. The van der Waals surface area contributed by atoms with E-state index in [4.69, 9.17) is 16.6 Å². The van der Waals surface area contributed by atoms with Crippen LogP contribution in [0.1, 0.15) is 29.3 Å². The number of hydrogen-bond donors (Lipinski definition) is 0. The van der Waals surface area contributed by atoms with E-state index in [9.17, 15) is 0 Å². The van der Waals surface area contributed by atoms with Gasteiger partial charge in [-0.3, -0.25) is 0 Å². The minimum atomic E-state index is -0.125. The third-order valence-corrected chi connectivity index (χ3v) is 4.54. The Morgan fingerprint density at radius 2 is 2.00 bits per heavy atom. The molecule has 0 aliphatic rings. The molecule has 3 aromatic rings. The predicted octanol–water partition coefficient (Wildman–Crippen LogP) is 5.46. The predicted molar refractivity (Wildman–Crippen MR) is 92.0 cm³/mol. The molecule has 0 amide bonds. The van der Waals surface area contributed by atoms with Gasteiger partial charge in [-0.1, -0.05) is 40.2 Å². The van der Waals surface area contributed by atoms with Gasteiger partial charge < -0.3 is 4.57 Å². The zero-order chi connectivity index (χ0) is 15.0. The fourth-order valence-electron chi connectivity index (χ4n) is 2.53. The summed E-state index contributed by atoms with van der Waals surface area (Å²) in [7, 11) is 0. The van der Waals surface area contributed by atoms with Gasteiger partial charge in [0.15, 0.2) is 0 Å². The van der Waals surface area contributed by atoms with E-state index in [0.29, 0.717) is 0 Å². The number of aromatic nitrogens is 2. The van der Waals surface area contributed by atoms with Gasteiger partial charge in [0.05, 0.1) is 23.0 Å². The van der Waals surface area contributed by atoms with E-state index in [0.717, 1.165) is 27.9 Å². The van der Waals surface area contributed by atoms with E-state index in [1.807, 2.05) is 19.1 Å². The van der Waals surface area contributed by atoms with Crippen LogP contribution in [0.4, 0.5) is 0 Å². The molecule has 0 aliphatic carbocycles. The Balaban J connectivity index is 2.16. The molecule has 0 spiro atoms. The Morgan fingerprint density at radius 3 is 2.71 bits per heavy atom. The van der Waals surface area contributed by atoms with Crippen LogP contribution in [0, 0.1) is 6.92 Å². The summed E-state index contributed by atoms with van der Waals surface area (Å²) in [6.45, 7) is 4.80. The van der Waals surface area contributed by atoms with Gasteiger partial charge in [0.1, 0.15) is 5.82 Å². The lowest BCUT2D eigenvalue weighted by Crippen LogP contribution is -2.06. The lowest BCUT2D eigenvalue weighted by Gasteiger charge is -2.12. The smallest absolute Gasteiger partial charge is 0.128 e. The van der Waals surface area contributed by atoms with Crippen LogP contribution in [0.25, 0.3) is 11.0 Å². The number of halogens is 2. The van der Waals surface area contributed by atoms with Crippen LogP contribution in [0.3, 0.4) is 0 Å². The van der Waals surface area contributed by atoms with Gasteiger partial charge in [-0.05, 0) is 43.2 Å². The molecule has 0 saturated heterocycles. The molecule has 0 fully saturated rings. The summed E-state index contributed by atoms with van der Waals surface area (Å²) in [5, 5.41) is -0.125. The highest BCUT2D eigenvalue weighted by Gasteiger charge is 2.15. The molecule has 2 nitrogen and oxygen atoms in total. The third kappa shape index (κ3) is 2.85. The number of rotatable bonds is 3. The van der Waals surface area contributed by atoms with Gasteiger partial charge in [0, 0.05) is 4.47 Å². The number of aryl methyl sites for hydroxylation is 1. The van der Waals surface area contributed by atoms with Crippen LogP contribution in [-0.4, -0.2) is 9.55 Å².